The summed E-state index contributed by atoms with van der Waals surface area (Å²) in [7, 11) is 1.16. The fourth-order valence-electron chi connectivity index (χ4n) is 3.96. The van der Waals surface area contributed by atoms with Gasteiger partial charge in [0.05, 0.1) is 7.11 Å². The lowest BCUT2D eigenvalue weighted by atomic mass is 9.74. The number of esters is 1. The second kappa shape index (κ2) is 7.20. The molecule has 0 N–H and O–H groups in total. The molecule has 0 unspecified atom stereocenters. The molecule has 2 amide bonds. The first-order chi connectivity index (χ1) is 12.0. The van der Waals surface area contributed by atoms with Crippen LogP contribution in [0.3, 0.4) is 0 Å². The van der Waals surface area contributed by atoms with Gasteiger partial charge in [-0.1, -0.05) is 0 Å². The summed E-state index contributed by atoms with van der Waals surface area (Å²) in [4.78, 5) is 49.6. The number of amides is 2. The summed E-state index contributed by atoms with van der Waals surface area (Å²) in [6, 6.07) is -1.21. The first kappa shape index (κ1) is 20.1. The normalized spacial score (nSPS) is 25.7. The van der Waals surface area contributed by atoms with Crippen LogP contribution in [0.2, 0.25) is 0 Å². The van der Waals surface area contributed by atoms with E-state index in [4.69, 9.17) is 9.47 Å². The molecule has 0 radical (unpaired) electrons. The summed E-state index contributed by atoms with van der Waals surface area (Å²) in [6.07, 6.45) is 1.09. The highest BCUT2D eigenvalue weighted by Gasteiger charge is 2.57. The monoisotopic (exact) mass is 370 g/mol. The number of ether oxygens (including phenoxy) is 2. The molecular formula is C17H26N2O7. The minimum Gasteiger partial charge on any atom is -0.467 e. The highest BCUT2D eigenvalue weighted by molar-refractivity contribution is 5.98. The fraction of sp³-hybridized carbons (Fsp3) is 0.824. The van der Waals surface area contributed by atoms with E-state index in [1.807, 2.05) is 0 Å². The molecule has 2 rings (SSSR count). The van der Waals surface area contributed by atoms with E-state index in [1.165, 1.54) is 0 Å². The number of imide groups is 1. The number of piperidine rings is 1. The molecule has 146 valence electrons. The maximum absolute atomic E-state index is 12.7. The molecule has 26 heavy (non-hydrogen) atoms. The van der Waals surface area contributed by atoms with E-state index in [-0.39, 0.29) is 17.8 Å². The molecular weight excluding hydrogens is 344 g/mol. The molecule has 0 aromatic carbocycles. The van der Waals surface area contributed by atoms with Crippen LogP contribution in [0, 0.1) is 16.0 Å². The molecule has 1 saturated heterocycles. The molecule has 9 nitrogen and oxygen atoms in total. The number of hydrogen-bond acceptors (Lipinski definition) is 7. The number of methoxy groups -OCH3 is 1. The van der Waals surface area contributed by atoms with Gasteiger partial charge in [0.1, 0.15) is 11.6 Å². The molecule has 9 heteroatoms. The van der Waals surface area contributed by atoms with Gasteiger partial charge in [-0.05, 0) is 40.0 Å². The van der Waals surface area contributed by atoms with Crippen molar-refractivity contribution in [3.63, 3.8) is 0 Å². The molecule has 0 aromatic heterocycles. The van der Waals surface area contributed by atoms with Crippen molar-refractivity contribution in [2.45, 2.75) is 76.5 Å². The van der Waals surface area contributed by atoms with Crippen molar-refractivity contribution in [3.05, 3.63) is 10.1 Å². The number of nitrogens with zero attached hydrogens (tertiary/aromatic N) is 2. The van der Waals surface area contributed by atoms with Crippen LogP contribution in [-0.4, -0.2) is 52.1 Å². The van der Waals surface area contributed by atoms with Crippen molar-refractivity contribution < 1.29 is 28.8 Å². The van der Waals surface area contributed by atoms with Crippen LogP contribution in [0.4, 0.5) is 4.79 Å². The van der Waals surface area contributed by atoms with Crippen LogP contribution >= 0.6 is 0 Å². The second-order valence-corrected chi connectivity index (χ2v) is 7.99. The number of hydrogen-bond donors (Lipinski definition) is 0. The summed E-state index contributed by atoms with van der Waals surface area (Å²) in [5, 5.41) is 11.8. The van der Waals surface area contributed by atoms with Gasteiger partial charge < -0.3 is 9.47 Å². The second-order valence-electron chi connectivity index (χ2n) is 7.99. The molecule has 1 aliphatic heterocycles. The smallest absolute Gasteiger partial charge is 0.417 e. The zero-order chi connectivity index (χ0) is 19.7. The number of likely N-dealkylation sites (tertiary alicyclic amines) is 1. The van der Waals surface area contributed by atoms with Crippen LogP contribution < -0.4 is 0 Å². The van der Waals surface area contributed by atoms with Crippen molar-refractivity contribution in [1.82, 2.24) is 4.90 Å². The Bertz CT molecular complexity index is 605. The maximum Gasteiger partial charge on any atom is 0.417 e. The molecule has 0 aromatic rings. The molecule has 1 heterocycles. The van der Waals surface area contributed by atoms with E-state index in [2.05, 4.69) is 0 Å². The lowest BCUT2D eigenvalue weighted by Crippen LogP contribution is -2.59. The molecule has 0 spiro atoms. The van der Waals surface area contributed by atoms with Crippen molar-refractivity contribution in [2.75, 3.05) is 7.11 Å². The van der Waals surface area contributed by atoms with Gasteiger partial charge in [0, 0.05) is 30.1 Å². The summed E-state index contributed by atoms with van der Waals surface area (Å²) in [6.45, 7) is 4.95. The zero-order valence-electron chi connectivity index (χ0n) is 15.6. The van der Waals surface area contributed by atoms with Crippen molar-refractivity contribution in [2.24, 2.45) is 5.92 Å². The van der Waals surface area contributed by atoms with E-state index in [0.29, 0.717) is 25.7 Å². The fourth-order valence-corrected chi connectivity index (χ4v) is 3.96. The van der Waals surface area contributed by atoms with Crippen LogP contribution in [-0.2, 0) is 19.1 Å². The molecule has 0 bridgehead atoms. The summed E-state index contributed by atoms with van der Waals surface area (Å²) in [5.74, 6) is -2.03. The third-order valence-corrected chi connectivity index (χ3v) is 5.17. The van der Waals surface area contributed by atoms with Gasteiger partial charge in [-0.2, -0.15) is 0 Å². The van der Waals surface area contributed by atoms with E-state index in [1.54, 1.807) is 20.8 Å². The van der Waals surface area contributed by atoms with Crippen molar-refractivity contribution in [1.29, 1.82) is 0 Å². The van der Waals surface area contributed by atoms with Gasteiger partial charge in [0.2, 0.25) is 11.4 Å². The molecule has 2 aliphatic rings. The van der Waals surface area contributed by atoms with Gasteiger partial charge in [-0.25, -0.2) is 14.5 Å². The molecule has 1 aliphatic carbocycles. The van der Waals surface area contributed by atoms with Gasteiger partial charge in [0.25, 0.3) is 0 Å². The quantitative estimate of drug-likeness (QED) is 0.425. The summed E-state index contributed by atoms with van der Waals surface area (Å²) >= 11 is 0. The minimum absolute atomic E-state index is 0.0125. The van der Waals surface area contributed by atoms with Crippen molar-refractivity contribution >= 4 is 18.0 Å². The Balaban J connectivity index is 2.32. The summed E-state index contributed by atoms with van der Waals surface area (Å²) in [5.41, 5.74) is -2.07. The number of carbonyl (C=O) groups excluding carboxylic acids is 3. The van der Waals surface area contributed by atoms with Gasteiger partial charge in [-0.3, -0.25) is 14.9 Å². The van der Waals surface area contributed by atoms with Crippen LogP contribution in [0.5, 0.6) is 0 Å². The lowest BCUT2D eigenvalue weighted by Gasteiger charge is -2.40. The van der Waals surface area contributed by atoms with Crippen LogP contribution in [0.1, 0.15) is 59.3 Å². The first-order valence-corrected chi connectivity index (χ1v) is 8.79. The maximum atomic E-state index is 12.7. The number of nitro groups is 1. The molecule has 2 fully saturated rings. The highest BCUT2D eigenvalue weighted by atomic mass is 16.6. The van der Waals surface area contributed by atoms with Gasteiger partial charge in [-0.15, -0.1) is 0 Å². The Morgan fingerprint density at radius 1 is 1.27 bits per heavy atom. The number of rotatable bonds is 3. The topological polar surface area (TPSA) is 116 Å². The zero-order valence-corrected chi connectivity index (χ0v) is 15.6. The van der Waals surface area contributed by atoms with E-state index < -0.39 is 41.1 Å². The van der Waals surface area contributed by atoms with Crippen LogP contribution in [0.15, 0.2) is 0 Å². The molecule has 2 atom stereocenters. The predicted octanol–water partition coefficient (Wildman–Crippen LogP) is 2.29. The number of carbonyl (C=O) groups is 3. The van der Waals surface area contributed by atoms with Gasteiger partial charge in [0.15, 0.2) is 0 Å². The largest absolute Gasteiger partial charge is 0.467 e. The average Bonchev–Trinajstić information content (AvgIpc) is 3.02. The Morgan fingerprint density at radius 2 is 1.85 bits per heavy atom. The lowest BCUT2D eigenvalue weighted by molar-refractivity contribution is -0.580. The predicted molar refractivity (Wildman–Crippen MR) is 89.8 cm³/mol. The Labute approximate surface area is 152 Å². The third-order valence-electron chi connectivity index (χ3n) is 5.17. The van der Waals surface area contributed by atoms with E-state index in [9.17, 15) is 24.5 Å². The standard InChI is InChI=1S/C17H26N2O7/c1-16(2,3)26-15(22)18-12(14(21)25-4)9-11(10-13(18)20)17(19(23)24)7-5-6-8-17/h11-12H,5-10H2,1-4H3/t11-,12+/m1/s1. The van der Waals surface area contributed by atoms with Crippen LogP contribution in [0.25, 0.3) is 0 Å². The SMILES string of the molecule is COC(=O)[C@@H]1C[C@@H](C2([N+](=O)[O-])CCCC2)CC(=O)N1C(=O)OC(C)(C)C. The minimum atomic E-state index is -1.22. The molecule has 1 saturated carbocycles. The highest BCUT2D eigenvalue weighted by Crippen LogP contribution is 2.45. The average molecular weight is 370 g/mol. The van der Waals surface area contributed by atoms with E-state index >= 15 is 0 Å². The Kier molecular flexibility index (Phi) is 5.58. The first-order valence-electron chi connectivity index (χ1n) is 8.79. The third kappa shape index (κ3) is 3.81. The van der Waals surface area contributed by atoms with E-state index in [0.717, 1.165) is 12.0 Å². The van der Waals surface area contributed by atoms with Gasteiger partial charge >= 0.3 is 12.1 Å². The van der Waals surface area contributed by atoms with Crippen molar-refractivity contribution in [3.8, 4) is 0 Å². The Hall–Kier alpha value is -2.19. The Morgan fingerprint density at radius 3 is 2.31 bits per heavy atom. The summed E-state index contributed by atoms with van der Waals surface area (Å²) < 4.78 is 9.97.